The Balaban J connectivity index is 2.44. The van der Waals surface area contributed by atoms with Crippen LogP contribution < -0.4 is 4.74 Å². The Morgan fingerprint density at radius 2 is 2.29 bits per heavy atom. The molecule has 0 aliphatic heterocycles. The van der Waals surface area contributed by atoms with Gasteiger partial charge in [-0.2, -0.15) is 0 Å². The molecule has 0 fully saturated rings. The van der Waals surface area contributed by atoms with Crippen molar-refractivity contribution in [3.05, 3.63) is 47.7 Å². The molecule has 4 nitrogen and oxygen atoms in total. The van der Waals surface area contributed by atoms with E-state index in [1.165, 1.54) is 13.4 Å². The van der Waals surface area contributed by atoms with Gasteiger partial charge < -0.3 is 9.15 Å². The van der Waals surface area contributed by atoms with Crippen molar-refractivity contribution in [2.75, 3.05) is 7.11 Å². The van der Waals surface area contributed by atoms with Gasteiger partial charge in [-0.25, -0.2) is 4.98 Å². The lowest BCUT2D eigenvalue weighted by molar-refractivity contribution is 0.102. The first-order chi connectivity index (χ1) is 8.27. The number of methoxy groups -OCH3 is 1. The van der Waals surface area contributed by atoms with Crippen LogP contribution >= 0.6 is 0 Å². The van der Waals surface area contributed by atoms with Gasteiger partial charge in [0.15, 0.2) is 5.69 Å². The van der Waals surface area contributed by atoms with E-state index in [9.17, 15) is 4.79 Å². The Morgan fingerprint density at radius 1 is 1.47 bits per heavy atom. The SMILES string of the molecule is CCc1occc1C(=O)c1ncccc1OC. The van der Waals surface area contributed by atoms with Gasteiger partial charge in [-0.05, 0) is 18.2 Å². The summed E-state index contributed by atoms with van der Waals surface area (Å²) >= 11 is 0. The van der Waals surface area contributed by atoms with E-state index in [1.807, 2.05) is 6.92 Å². The number of hydrogen-bond donors (Lipinski definition) is 0. The van der Waals surface area contributed by atoms with E-state index in [0.717, 1.165) is 0 Å². The average molecular weight is 231 g/mol. The van der Waals surface area contributed by atoms with Crippen LogP contribution in [0.4, 0.5) is 0 Å². The third-order valence-corrected chi connectivity index (χ3v) is 2.52. The fourth-order valence-corrected chi connectivity index (χ4v) is 1.67. The molecule has 4 heteroatoms. The van der Waals surface area contributed by atoms with Crippen molar-refractivity contribution in [1.29, 1.82) is 0 Å². The highest BCUT2D eigenvalue weighted by Gasteiger charge is 2.19. The highest BCUT2D eigenvalue weighted by Crippen LogP contribution is 2.21. The topological polar surface area (TPSA) is 52.3 Å². The molecule has 0 aliphatic rings. The first kappa shape index (κ1) is 11.4. The van der Waals surface area contributed by atoms with Crippen LogP contribution in [0.2, 0.25) is 0 Å². The van der Waals surface area contributed by atoms with Gasteiger partial charge in [0.25, 0.3) is 0 Å². The number of hydrogen-bond acceptors (Lipinski definition) is 4. The lowest BCUT2D eigenvalue weighted by Crippen LogP contribution is -2.07. The molecule has 0 saturated carbocycles. The average Bonchev–Trinajstić information content (AvgIpc) is 2.86. The maximum Gasteiger partial charge on any atom is 0.218 e. The van der Waals surface area contributed by atoms with Crippen LogP contribution in [0.3, 0.4) is 0 Å². The number of ketones is 1. The largest absolute Gasteiger partial charge is 0.494 e. The van der Waals surface area contributed by atoms with Crippen LogP contribution in [-0.2, 0) is 6.42 Å². The van der Waals surface area contributed by atoms with Gasteiger partial charge in [-0.15, -0.1) is 0 Å². The highest BCUT2D eigenvalue weighted by molar-refractivity contribution is 6.09. The predicted octanol–water partition coefficient (Wildman–Crippen LogP) is 2.48. The minimum Gasteiger partial charge on any atom is -0.494 e. The van der Waals surface area contributed by atoms with Gasteiger partial charge in [-0.1, -0.05) is 6.92 Å². The van der Waals surface area contributed by atoms with E-state index in [-0.39, 0.29) is 5.78 Å². The van der Waals surface area contributed by atoms with Crippen LogP contribution in [0.15, 0.2) is 35.1 Å². The fourth-order valence-electron chi connectivity index (χ4n) is 1.67. The van der Waals surface area contributed by atoms with Crippen LogP contribution in [-0.4, -0.2) is 17.9 Å². The first-order valence-electron chi connectivity index (χ1n) is 5.38. The molecular formula is C13H13NO3. The maximum absolute atomic E-state index is 12.3. The Labute approximate surface area is 99.2 Å². The van der Waals surface area contributed by atoms with E-state index >= 15 is 0 Å². The normalized spacial score (nSPS) is 10.2. The lowest BCUT2D eigenvalue weighted by Gasteiger charge is -2.05. The number of furan rings is 1. The van der Waals surface area contributed by atoms with Crippen LogP contribution in [0.25, 0.3) is 0 Å². The van der Waals surface area contributed by atoms with Gasteiger partial charge in [0.1, 0.15) is 11.5 Å². The first-order valence-corrected chi connectivity index (χ1v) is 5.38. The van der Waals surface area contributed by atoms with Crippen LogP contribution in [0.1, 0.15) is 28.7 Å². The number of aryl methyl sites for hydroxylation is 1. The monoisotopic (exact) mass is 231 g/mol. The Kier molecular flexibility index (Phi) is 3.23. The minimum absolute atomic E-state index is 0.173. The van der Waals surface area contributed by atoms with E-state index in [2.05, 4.69) is 4.98 Å². The van der Waals surface area contributed by atoms with E-state index < -0.39 is 0 Å². The number of carbonyl (C=O) groups excluding carboxylic acids is 1. The zero-order valence-corrected chi connectivity index (χ0v) is 9.77. The quantitative estimate of drug-likeness (QED) is 0.758. The summed E-state index contributed by atoms with van der Waals surface area (Å²) in [7, 11) is 1.52. The molecule has 2 aromatic heterocycles. The summed E-state index contributed by atoms with van der Waals surface area (Å²) in [6, 6.07) is 5.10. The van der Waals surface area contributed by atoms with Gasteiger partial charge >= 0.3 is 0 Å². The standard InChI is InChI=1S/C13H13NO3/c1-3-10-9(6-8-17-10)13(15)12-11(16-2)5-4-7-14-12/h4-8H,3H2,1-2H3. The number of ether oxygens (including phenoxy) is 1. The van der Waals surface area contributed by atoms with Crippen molar-refractivity contribution < 1.29 is 13.9 Å². The smallest absolute Gasteiger partial charge is 0.218 e. The molecule has 0 radical (unpaired) electrons. The second kappa shape index (κ2) is 4.82. The summed E-state index contributed by atoms with van der Waals surface area (Å²) in [5.41, 5.74) is 0.857. The van der Waals surface area contributed by atoms with Gasteiger partial charge in [0.2, 0.25) is 5.78 Å². The second-order valence-corrected chi connectivity index (χ2v) is 3.49. The fraction of sp³-hybridized carbons (Fsp3) is 0.231. The third-order valence-electron chi connectivity index (χ3n) is 2.52. The molecule has 2 rings (SSSR count). The summed E-state index contributed by atoms with van der Waals surface area (Å²) < 4.78 is 10.4. The van der Waals surface area contributed by atoms with Crippen molar-refractivity contribution in [3.63, 3.8) is 0 Å². The summed E-state index contributed by atoms with van der Waals surface area (Å²) in [6.45, 7) is 1.94. The molecule has 0 aliphatic carbocycles. The molecule has 0 N–H and O–H groups in total. The maximum atomic E-state index is 12.3. The molecule has 0 unspecified atom stereocenters. The molecule has 0 spiro atoms. The minimum atomic E-state index is -0.173. The molecule has 88 valence electrons. The summed E-state index contributed by atoms with van der Waals surface area (Å²) in [6.07, 6.45) is 3.76. The molecule has 0 aromatic carbocycles. The highest BCUT2D eigenvalue weighted by atomic mass is 16.5. The van der Waals surface area contributed by atoms with Crippen molar-refractivity contribution in [2.45, 2.75) is 13.3 Å². The van der Waals surface area contributed by atoms with Crippen molar-refractivity contribution in [2.24, 2.45) is 0 Å². The zero-order valence-electron chi connectivity index (χ0n) is 9.77. The number of pyridine rings is 1. The summed E-state index contributed by atoms with van der Waals surface area (Å²) in [5, 5.41) is 0. The zero-order chi connectivity index (χ0) is 12.3. The van der Waals surface area contributed by atoms with Crippen LogP contribution in [0, 0.1) is 0 Å². The molecule has 2 heterocycles. The summed E-state index contributed by atoms with van der Waals surface area (Å²) in [4.78, 5) is 16.3. The molecule has 0 amide bonds. The van der Waals surface area contributed by atoms with Crippen molar-refractivity contribution in [1.82, 2.24) is 4.98 Å². The van der Waals surface area contributed by atoms with Gasteiger partial charge in [-0.3, -0.25) is 4.79 Å². The lowest BCUT2D eigenvalue weighted by atomic mass is 10.1. The molecular weight excluding hydrogens is 218 g/mol. The third kappa shape index (κ3) is 2.06. The van der Waals surface area contributed by atoms with Gasteiger partial charge in [0, 0.05) is 12.6 Å². The summed E-state index contributed by atoms with van der Waals surface area (Å²) in [5.74, 6) is 0.969. The Hall–Kier alpha value is -2.10. The Morgan fingerprint density at radius 3 is 3.00 bits per heavy atom. The number of rotatable bonds is 4. The molecule has 2 aromatic rings. The van der Waals surface area contributed by atoms with E-state index in [0.29, 0.717) is 29.2 Å². The van der Waals surface area contributed by atoms with Crippen molar-refractivity contribution in [3.8, 4) is 5.75 Å². The van der Waals surface area contributed by atoms with E-state index in [1.54, 1.807) is 24.4 Å². The van der Waals surface area contributed by atoms with Gasteiger partial charge in [0.05, 0.1) is 18.9 Å². The second-order valence-electron chi connectivity index (χ2n) is 3.49. The number of nitrogens with zero attached hydrogens (tertiary/aromatic N) is 1. The molecule has 0 bridgehead atoms. The van der Waals surface area contributed by atoms with Crippen LogP contribution in [0.5, 0.6) is 5.75 Å². The number of aromatic nitrogens is 1. The predicted molar refractivity (Wildman–Crippen MR) is 62.3 cm³/mol. The van der Waals surface area contributed by atoms with E-state index in [4.69, 9.17) is 9.15 Å². The Bertz CT molecular complexity index is 531. The molecule has 0 saturated heterocycles. The molecule has 17 heavy (non-hydrogen) atoms. The van der Waals surface area contributed by atoms with Crippen molar-refractivity contribution >= 4 is 5.78 Å². The molecule has 0 atom stereocenters. The number of carbonyl (C=O) groups is 1.